The third-order valence-electron chi connectivity index (χ3n) is 5.75. The van der Waals surface area contributed by atoms with E-state index in [9.17, 15) is 16.8 Å². The Hall–Kier alpha value is -3.00. The number of guanidine groups is 1. The van der Waals surface area contributed by atoms with Gasteiger partial charge in [0, 0.05) is 28.5 Å². The highest BCUT2D eigenvalue weighted by molar-refractivity contribution is 7.90. The van der Waals surface area contributed by atoms with Crippen molar-refractivity contribution >= 4 is 55.1 Å². The SMILES string of the molecule is C[C@@H](CN/C(=N\S(=O)(=O)c1ccc(Cl)cc1)N1C[C@@H](c2ccccc2)C(c2ccc(Cl)cc2)=N1)NS(N)(=O)=O. The Morgan fingerprint density at radius 2 is 1.59 bits per heavy atom. The van der Waals surface area contributed by atoms with E-state index in [-0.39, 0.29) is 29.9 Å². The zero-order valence-electron chi connectivity index (χ0n) is 20.7. The van der Waals surface area contributed by atoms with Crippen LogP contribution < -0.4 is 15.2 Å². The second kappa shape index (κ2) is 12.0. The third-order valence-corrected chi connectivity index (χ3v) is 8.27. The fourth-order valence-corrected chi connectivity index (χ4v) is 5.84. The van der Waals surface area contributed by atoms with Crippen LogP contribution in [0.3, 0.4) is 0 Å². The lowest BCUT2D eigenvalue weighted by Crippen LogP contribution is -2.47. The number of sulfonamides is 1. The standard InChI is InChI=1S/C25H26Cl2N6O4S2/c1-17(31-39(28,36)37)15-29-25(32-38(34,35)22-13-11-21(27)12-14-22)33-16-23(18-5-3-2-4-6-18)24(30-33)19-7-9-20(26)10-8-19/h2-14,17,23,31H,15-16H2,1H3,(H,29,32)(H2,28,36,37)/t17-,23-/m0/s1. The molecule has 0 aromatic heterocycles. The van der Waals surface area contributed by atoms with Crippen LogP contribution in [0.2, 0.25) is 10.0 Å². The van der Waals surface area contributed by atoms with Crippen molar-refractivity contribution in [2.24, 2.45) is 14.6 Å². The minimum Gasteiger partial charge on any atom is -0.352 e. The predicted molar refractivity (Wildman–Crippen MR) is 154 cm³/mol. The summed E-state index contributed by atoms with van der Waals surface area (Å²) in [6, 6.07) is 21.8. The molecule has 1 heterocycles. The molecule has 2 atom stereocenters. The minimum absolute atomic E-state index is 0.0241. The number of hydrogen-bond acceptors (Lipinski definition) is 5. The molecule has 14 heteroatoms. The molecule has 0 spiro atoms. The fraction of sp³-hybridized carbons (Fsp3) is 0.200. The highest BCUT2D eigenvalue weighted by Gasteiger charge is 2.32. The molecule has 0 saturated heterocycles. The number of hydrazone groups is 1. The summed E-state index contributed by atoms with van der Waals surface area (Å²) in [6.07, 6.45) is 0. The van der Waals surface area contributed by atoms with Crippen molar-refractivity contribution in [1.82, 2.24) is 15.0 Å². The van der Waals surface area contributed by atoms with Crippen molar-refractivity contribution in [3.05, 3.63) is 100 Å². The summed E-state index contributed by atoms with van der Waals surface area (Å²) in [5.74, 6) is -0.310. The van der Waals surface area contributed by atoms with Crippen LogP contribution in [0.1, 0.15) is 24.0 Å². The first-order valence-electron chi connectivity index (χ1n) is 11.7. The lowest BCUT2D eigenvalue weighted by atomic mass is 9.91. The van der Waals surface area contributed by atoms with E-state index in [1.165, 1.54) is 29.3 Å². The number of rotatable bonds is 8. The molecule has 1 aliphatic heterocycles. The Balaban J connectivity index is 1.75. The van der Waals surface area contributed by atoms with E-state index in [1.54, 1.807) is 19.1 Å². The highest BCUT2D eigenvalue weighted by Crippen LogP contribution is 2.30. The number of nitrogens with two attached hydrogens (primary N) is 1. The van der Waals surface area contributed by atoms with E-state index in [0.29, 0.717) is 15.8 Å². The van der Waals surface area contributed by atoms with Crippen LogP contribution in [-0.2, 0) is 20.2 Å². The topological polar surface area (TPSA) is 146 Å². The van der Waals surface area contributed by atoms with Crippen molar-refractivity contribution in [1.29, 1.82) is 0 Å². The van der Waals surface area contributed by atoms with Gasteiger partial charge in [0.15, 0.2) is 0 Å². The van der Waals surface area contributed by atoms with Gasteiger partial charge in [-0.15, -0.1) is 4.40 Å². The van der Waals surface area contributed by atoms with Crippen LogP contribution in [0.4, 0.5) is 0 Å². The fourth-order valence-electron chi connectivity index (χ4n) is 3.97. The second-order valence-electron chi connectivity index (χ2n) is 8.83. The molecule has 10 nitrogen and oxygen atoms in total. The summed E-state index contributed by atoms with van der Waals surface area (Å²) < 4.78 is 55.7. The van der Waals surface area contributed by atoms with E-state index in [4.69, 9.17) is 33.4 Å². The molecule has 1 aliphatic rings. The van der Waals surface area contributed by atoms with Crippen molar-refractivity contribution in [3.63, 3.8) is 0 Å². The number of hydrogen-bond donors (Lipinski definition) is 3. The quantitative estimate of drug-likeness (QED) is 0.264. The van der Waals surface area contributed by atoms with Gasteiger partial charge in [-0.25, -0.2) is 10.1 Å². The van der Waals surface area contributed by atoms with Crippen LogP contribution in [0.15, 0.2) is 93.3 Å². The number of nitrogens with one attached hydrogen (secondary N) is 2. The zero-order chi connectivity index (χ0) is 28.2. The molecular formula is C25H26Cl2N6O4S2. The van der Waals surface area contributed by atoms with Gasteiger partial charge >= 0.3 is 0 Å². The zero-order valence-corrected chi connectivity index (χ0v) is 23.8. The molecule has 0 unspecified atom stereocenters. The maximum atomic E-state index is 13.2. The summed E-state index contributed by atoms with van der Waals surface area (Å²) in [7, 11) is -8.17. The first-order chi connectivity index (χ1) is 18.4. The Bertz CT molecular complexity index is 1580. The van der Waals surface area contributed by atoms with Crippen LogP contribution in [-0.4, -0.2) is 52.6 Å². The molecule has 0 radical (unpaired) electrons. The van der Waals surface area contributed by atoms with Gasteiger partial charge in [0.2, 0.25) is 5.96 Å². The molecule has 4 rings (SSSR count). The average Bonchev–Trinajstić information content (AvgIpc) is 3.32. The van der Waals surface area contributed by atoms with Gasteiger partial charge in [0.25, 0.3) is 20.2 Å². The van der Waals surface area contributed by atoms with Gasteiger partial charge in [-0.3, -0.25) is 0 Å². The number of halogens is 2. The molecular weight excluding hydrogens is 583 g/mol. The van der Waals surface area contributed by atoms with Gasteiger partial charge in [-0.1, -0.05) is 65.7 Å². The third kappa shape index (κ3) is 7.78. The molecule has 0 amide bonds. The first kappa shape index (κ1) is 29.0. The molecule has 39 heavy (non-hydrogen) atoms. The van der Waals surface area contributed by atoms with Crippen LogP contribution >= 0.6 is 23.2 Å². The molecule has 0 fully saturated rings. The van der Waals surface area contributed by atoms with E-state index >= 15 is 0 Å². The predicted octanol–water partition coefficient (Wildman–Crippen LogP) is 3.31. The lowest BCUT2D eigenvalue weighted by Gasteiger charge is -2.21. The summed E-state index contributed by atoms with van der Waals surface area (Å²) in [6.45, 7) is 1.81. The monoisotopic (exact) mass is 608 g/mol. The number of benzene rings is 3. The lowest BCUT2D eigenvalue weighted by molar-refractivity contribution is 0.450. The summed E-state index contributed by atoms with van der Waals surface area (Å²) >= 11 is 12.0. The minimum atomic E-state index is -4.19. The Morgan fingerprint density at radius 3 is 2.18 bits per heavy atom. The molecule has 0 saturated carbocycles. The van der Waals surface area contributed by atoms with Crippen molar-refractivity contribution in [2.75, 3.05) is 13.1 Å². The molecule has 0 bridgehead atoms. The van der Waals surface area contributed by atoms with Crippen LogP contribution in [0.25, 0.3) is 0 Å². The summed E-state index contributed by atoms with van der Waals surface area (Å²) in [5.41, 5.74) is 2.46. The van der Waals surface area contributed by atoms with Crippen molar-refractivity contribution in [3.8, 4) is 0 Å². The van der Waals surface area contributed by atoms with E-state index in [2.05, 4.69) is 14.4 Å². The Morgan fingerprint density at radius 1 is 1.00 bits per heavy atom. The molecule has 206 valence electrons. The van der Waals surface area contributed by atoms with Crippen molar-refractivity contribution < 1.29 is 16.8 Å². The maximum absolute atomic E-state index is 13.2. The van der Waals surface area contributed by atoms with Crippen molar-refractivity contribution in [2.45, 2.75) is 23.8 Å². The maximum Gasteiger partial charge on any atom is 0.285 e. The van der Waals surface area contributed by atoms with Crippen LogP contribution in [0, 0.1) is 0 Å². The Labute approximate surface area is 237 Å². The Kier molecular flexibility index (Phi) is 8.94. The van der Waals surface area contributed by atoms with E-state index < -0.39 is 26.3 Å². The molecule has 3 aromatic carbocycles. The second-order valence-corrected chi connectivity index (χ2v) is 12.6. The van der Waals surface area contributed by atoms with Gasteiger partial charge in [-0.05, 0) is 54.4 Å². The summed E-state index contributed by atoms with van der Waals surface area (Å²) in [4.78, 5) is -0.0670. The van der Waals surface area contributed by atoms with Gasteiger partial charge in [0.05, 0.1) is 17.2 Å². The van der Waals surface area contributed by atoms with E-state index in [1.807, 2.05) is 42.5 Å². The van der Waals surface area contributed by atoms with Crippen LogP contribution in [0.5, 0.6) is 0 Å². The molecule has 3 aromatic rings. The highest BCUT2D eigenvalue weighted by atomic mass is 35.5. The summed E-state index contributed by atoms with van der Waals surface area (Å²) in [5, 5.41) is 15.2. The van der Waals surface area contributed by atoms with Gasteiger partial charge in [0.1, 0.15) is 0 Å². The van der Waals surface area contributed by atoms with Gasteiger partial charge < -0.3 is 5.32 Å². The first-order valence-corrected chi connectivity index (χ1v) is 15.5. The normalized spacial score (nSPS) is 17.1. The molecule has 4 N–H and O–H groups in total. The smallest absolute Gasteiger partial charge is 0.285 e. The molecule has 0 aliphatic carbocycles. The van der Waals surface area contributed by atoms with E-state index in [0.717, 1.165) is 11.1 Å². The number of nitrogens with zero attached hydrogens (tertiary/aromatic N) is 3. The average molecular weight is 610 g/mol. The largest absolute Gasteiger partial charge is 0.352 e. The van der Waals surface area contributed by atoms with Gasteiger partial charge in [-0.2, -0.15) is 26.7 Å².